The number of carbonyl (C=O) groups is 1. The highest BCUT2D eigenvalue weighted by molar-refractivity contribution is 5.93. The number of nitro groups is 1. The number of benzene rings is 2. The molecule has 2 aromatic rings. The topological polar surface area (TPSA) is 122 Å². The Balaban J connectivity index is 1.76. The Morgan fingerprint density at radius 3 is 2.67 bits per heavy atom. The Labute approximate surface area is 156 Å². The second-order valence-corrected chi connectivity index (χ2v) is 6.37. The van der Waals surface area contributed by atoms with Crippen molar-refractivity contribution in [3.8, 4) is 5.75 Å². The van der Waals surface area contributed by atoms with Crippen LogP contribution in [-0.4, -0.2) is 32.7 Å². The van der Waals surface area contributed by atoms with Gasteiger partial charge < -0.3 is 15.7 Å². The highest BCUT2D eigenvalue weighted by Crippen LogP contribution is 2.26. The van der Waals surface area contributed by atoms with E-state index in [0.29, 0.717) is 30.8 Å². The van der Waals surface area contributed by atoms with Crippen molar-refractivity contribution in [3.05, 3.63) is 69.8 Å². The molecule has 1 saturated heterocycles. The number of amidine groups is 1. The Morgan fingerprint density at radius 1 is 1.26 bits per heavy atom. The number of carbonyl (C=O) groups excluding carboxylic acids is 1. The van der Waals surface area contributed by atoms with Gasteiger partial charge in [0.1, 0.15) is 11.6 Å². The van der Waals surface area contributed by atoms with Crippen molar-refractivity contribution in [2.24, 2.45) is 10.7 Å². The normalized spacial score (nSPS) is 17.3. The molecule has 1 heterocycles. The monoisotopic (exact) mass is 368 g/mol. The van der Waals surface area contributed by atoms with E-state index in [4.69, 9.17) is 5.73 Å². The Morgan fingerprint density at radius 2 is 1.96 bits per heavy atom. The Kier molecular flexibility index (Phi) is 5.35. The lowest BCUT2D eigenvalue weighted by atomic mass is 10.1. The van der Waals surface area contributed by atoms with E-state index in [1.54, 1.807) is 47.4 Å². The lowest BCUT2D eigenvalue weighted by Crippen LogP contribution is -2.42. The van der Waals surface area contributed by atoms with Gasteiger partial charge in [-0.15, -0.1) is 0 Å². The van der Waals surface area contributed by atoms with Crippen LogP contribution in [0.4, 0.5) is 5.69 Å². The standard InChI is InChI=1S/C19H20N4O4/c20-19(21-11-13-5-7-15(24)8-6-13)17-9-10-18(25)22(17)12-14-3-1-2-4-16(14)23(26)27/h1-8,17,24H,9-12H2,(H2,20,21)/t17-/m0/s1. The maximum Gasteiger partial charge on any atom is 0.274 e. The number of phenolic OH excluding ortho intramolecular Hbond substituents is 1. The van der Waals surface area contributed by atoms with Gasteiger partial charge in [0, 0.05) is 18.1 Å². The average molecular weight is 368 g/mol. The predicted molar refractivity (Wildman–Crippen MR) is 100 cm³/mol. The number of likely N-dealkylation sites (tertiary alicyclic amines) is 1. The van der Waals surface area contributed by atoms with Crippen LogP contribution >= 0.6 is 0 Å². The third kappa shape index (κ3) is 4.22. The Bertz CT molecular complexity index is 880. The van der Waals surface area contributed by atoms with Crippen molar-refractivity contribution in [1.82, 2.24) is 4.90 Å². The minimum Gasteiger partial charge on any atom is -0.508 e. The van der Waals surface area contributed by atoms with Gasteiger partial charge in [0.2, 0.25) is 5.91 Å². The first-order valence-electron chi connectivity index (χ1n) is 8.55. The molecule has 1 atom stereocenters. The van der Waals surface area contributed by atoms with Gasteiger partial charge in [-0.3, -0.25) is 19.9 Å². The molecular weight excluding hydrogens is 348 g/mol. The molecule has 27 heavy (non-hydrogen) atoms. The van der Waals surface area contributed by atoms with Gasteiger partial charge >= 0.3 is 0 Å². The number of hydrogen-bond acceptors (Lipinski definition) is 5. The molecule has 0 saturated carbocycles. The first-order chi connectivity index (χ1) is 13.0. The van der Waals surface area contributed by atoms with E-state index < -0.39 is 4.92 Å². The number of rotatable bonds is 6. The highest BCUT2D eigenvalue weighted by Gasteiger charge is 2.34. The molecule has 1 fully saturated rings. The fraction of sp³-hybridized carbons (Fsp3) is 0.263. The molecule has 8 heteroatoms. The van der Waals surface area contributed by atoms with Crippen LogP contribution in [0.1, 0.15) is 24.0 Å². The second kappa shape index (κ2) is 7.86. The minimum atomic E-state index is -0.451. The number of hydrogen-bond donors (Lipinski definition) is 2. The third-order valence-corrected chi connectivity index (χ3v) is 4.58. The van der Waals surface area contributed by atoms with Crippen molar-refractivity contribution < 1.29 is 14.8 Å². The van der Waals surface area contributed by atoms with Crippen LogP contribution in [0.25, 0.3) is 0 Å². The number of nitrogens with two attached hydrogens (primary N) is 1. The first-order valence-corrected chi connectivity index (χ1v) is 8.55. The van der Waals surface area contributed by atoms with E-state index in [1.165, 1.54) is 6.07 Å². The highest BCUT2D eigenvalue weighted by atomic mass is 16.6. The van der Waals surface area contributed by atoms with E-state index in [1.807, 2.05) is 0 Å². The van der Waals surface area contributed by atoms with Crippen molar-refractivity contribution >= 4 is 17.4 Å². The maximum absolute atomic E-state index is 12.3. The van der Waals surface area contributed by atoms with Crippen LogP contribution < -0.4 is 5.73 Å². The SMILES string of the molecule is NC(=NCc1ccc(O)cc1)[C@@H]1CCC(=O)N1Cc1ccccc1[N+](=O)[O-]. The molecule has 1 aliphatic rings. The molecule has 2 aromatic carbocycles. The van der Waals surface area contributed by atoms with Crippen molar-refractivity contribution in [1.29, 1.82) is 0 Å². The minimum absolute atomic E-state index is 0.0180. The molecule has 0 aliphatic carbocycles. The molecular formula is C19H20N4O4. The van der Waals surface area contributed by atoms with Gasteiger partial charge in [0.15, 0.2) is 0 Å². The fourth-order valence-corrected chi connectivity index (χ4v) is 3.13. The van der Waals surface area contributed by atoms with Crippen LogP contribution in [0, 0.1) is 10.1 Å². The number of para-hydroxylation sites is 1. The molecule has 0 bridgehead atoms. The number of amides is 1. The van der Waals surface area contributed by atoms with Gasteiger partial charge in [-0.25, -0.2) is 0 Å². The van der Waals surface area contributed by atoms with E-state index in [0.717, 1.165) is 5.56 Å². The van der Waals surface area contributed by atoms with Gasteiger partial charge in [-0.1, -0.05) is 30.3 Å². The van der Waals surface area contributed by atoms with Crippen LogP contribution in [0.15, 0.2) is 53.5 Å². The van der Waals surface area contributed by atoms with Crippen LogP contribution in [0.2, 0.25) is 0 Å². The summed E-state index contributed by atoms with van der Waals surface area (Å²) in [5.74, 6) is 0.404. The fourth-order valence-electron chi connectivity index (χ4n) is 3.13. The van der Waals surface area contributed by atoms with Crippen molar-refractivity contribution in [3.63, 3.8) is 0 Å². The van der Waals surface area contributed by atoms with Crippen molar-refractivity contribution in [2.75, 3.05) is 0 Å². The maximum atomic E-state index is 12.3. The second-order valence-electron chi connectivity index (χ2n) is 6.37. The summed E-state index contributed by atoms with van der Waals surface area (Å²) in [6, 6.07) is 12.6. The quantitative estimate of drug-likeness (QED) is 0.351. The summed E-state index contributed by atoms with van der Waals surface area (Å²) in [5.41, 5.74) is 7.46. The summed E-state index contributed by atoms with van der Waals surface area (Å²) in [6.45, 7) is 0.451. The van der Waals surface area contributed by atoms with Gasteiger partial charge in [0.05, 0.1) is 24.1 Å². The van der Waals surface area contributed by atoms with Crippen LogP contribution in [-0.2, 0) is 17.9 Å². The number of aliphatic imine (C=N–C) groups is 1. The molecule has 3 rings (SSSR count). The van der Waals surface area contributed by atoms with Crippen molar-refractivity contribution in [2.45, 2.75) is 32.0 Å². The molecule has 1 amide bonds. The van der Waals surface area contributed by atoms with Gasteiger partial charge in [-0.05, 0) is 24.1 Å². The molecule has 0 unspecified atom stereocenters. The summed E-state index contributed by atoms with van der Waals surface area (Å²) in [5, 5.41) is 20.5. The van der Waals surface area contributed by atoms with Gasteiger partial charge in [-0.2, -0.15) is 0 Å². The van der Waals surface area contributed by atoms with Gasteiger partial charge in [0.25, 0.3) is 5.69 Å². The largest absolute Gasteiger partial charge is 0.508 e. The smallest absolute Gasteiger partial charge is 0.274 e. The zero-order valence-electron chi connectivity index (χ0n) is 14.6. The Hall–Kier alpha value is -3.42. The summed E-state index contributed by atoms with van der Waals surface area (Å²) in [6.07, 6.45) is 0.866. The lowest BCUT2D eigenvalue weighted by Gasteiger charge is -2.24. The molecule has 140 valence electrons. The van der Waals surface area contributed by atoms with E-state index >= 15 is 0 Å². The van der Waals surface area contributed by atoms with Crippen LogP contribution in [0.5, 0.6) is 5.75 Å². The molecule has 3 N–H and O–H groups in total. The number of nitrogens with zero attached hydrogens (tertiary/aromatic N) is 3. The number of phenols is 1. The molecule has 0 spiro atoms. The zero-order valence-corrected chi connectivity index (χ0v) is 14.6. The van der Waals surface area contributed by atoms with E-state index in [2.05, 4.69) is 4.99 Å². The summed E-state index contributed by atoms with van der Waals surface area (Å²) >= 11 is 0. The molecule has 0 aromatic heterocycles. The van der Waals surface area contributed by atoms with Crippen LogP contribution in [0.3, 0.4) is 0 Å². The first kappa shape index (κ1) is 18.4. The predicted octanol–water partition coefficient (Wildman–Crippen LogP) is 2.35. The van der Waals surface area contributed by atoms with E-state index in [9.17, 15) is 20.0 Å². The number of nitro benzene ring substituents is 1. The third-order valence-electron chi connectivity index (χ3n) is 4.58. The molecule has 0 radical (unpaired) electrons. The lowest BCUT2D eigenvalue weighted by molar-refractivity contribution is -0.385. The summed E-state index contributed by atoms with van der Waals surface area (Å²) in [7, 11) is 0. The summed E-state index contributed by atoms with van der Waals surface area (Å²) in [4.78, 5) is 29.0. The van der Waals surface area contributed by atoms with E-state index in [-0.39, 0.29) is 29.9 Å². The average Bonchev–Trinajstić information content (AvgIpc) is 3.02. The zero-order chi connectivity index (χ0) is 19.4. The molecule has 8 nitrogen and oxygen atoms in total. The number of aromatic hydroxyl groups is 1. The summed E-state index contributed by atoms with van der Waals surface area (Å²) < 4.78 is 0. The molecule has 1 aliphatic heterocycles.